The van der Waals surface area contributed by atoms with Crippen LogP contribution in [0, 0.1) is 10.1 Å². The number of nitrogens with zero attached hydrogens (tertiary/aromatic N) is 2. The Labute approximate surface area is 175 Å². The van der Waals surface area contributed by atoms with Crippen LogP contribution >= 0.6 is 0 Å². The lowest BCUT2D eigenvalue weighted by molar-refractivity contribution is -0.383. The van der Waals surface area contributed by atoms with E-state index >= 15 is 0 Å². The van der Waals surface area contributed by atoms with Gasteiger partial charge in [-0.15, -0.1) is 0 Å². The van der Waals surface area contributed by atoms with Gasteiger partial charge >= 0.3 is 12.1 Å². The van der Waals surface area contributed by atoms with E-state index in [9.17, 15) is 32.9 Å². The number of carbonyl (C=O) groups excluding carboxylic acids is 2. The molecule has 166 valence electrons. The predicted molar refractivity (Wildman–Crippen MR) is 105 cm³/mol. The second kappa shape index (κ2) is 10.5. The third-order valence-electron chi connectivity index (χ3n) is 4.09. The summed E-state index contributed by atoms with van der Waals surface area (Å²) in [5, 5.41) is 13.5. The summed E-state index contributed by atoms with van der Waals surface area (Å²) in [6.07, 6.45) is -4.48. The maximum Gasteiger partial charge on any atom is 0.416 e. The summed E-state index contributed by atoms with van der Waals surface area (Å²) >= 11 is 0. The first-order valence-electron chi connectivity index (χ1n) is 9.17. The SMILES string of the molecule is CCOC(=O)CN(CC(=O)Nc1ccccc1[N+](=O)[O-])Cc1ccc(C(F)(F)F)cc1. The molecule has 11 heteroatoms. The van der Waals surface area contributed by atoms with E-state index in [2.05, 4.69) is 5.32 Å². The van der Waals surface area contributed by atoms with Gasteiger partial charge in [0, 0.05) is 12.6 Å². The number of anilines is 1. The molecule has 8 nitrogen and oxygen atoms in total. The second-order valence-corrected chi connectivity index (χ2v) is 6.47. The van der Waals surface area contributed by atoms with Crippen LogP contribution in [0.3, 0.4) is 0 Å². The van der Waals surface area contributed by atoms with Gasteiger partial charge < -0.3 is 10.1 Å². The Morgan fingerprint density at radius 3 is 2.32 bits per heavy atom. The number of esters is 1. The highest BCUT2D eigenvalue weighted by molar-refractivity contribution is 5.94. The summed E-state index contributed by atoms with van der Waals surface area (Å²) in [6, 6.07) is 9.88. The Morgan fingerprint density at radius 2 is 1.74 bits per heavy atom. The molecule has 0 saturated heterocycles. The Kier molecular flexibility index (Phi) is 8.08. The first-order chi connectivity index (χ1) is 14.6. The molecule has 0 saturated carbocycles. The fourth-order valence-corrected chi connectivity index (χ4v) is 2.75. The average molecular weight is 439 g/mol. The molecular weight excluding hydrogens is 419 g/mol. The molecule has 0 aliphatic carbocycles. The summed E-state index contributed by atoms with van der Waals surface area (Å²) in [6.45, 7) is 1.08. The normalized spacial score (nSPS) is 11.3. The van der Waals surface area contributed by atoms with Gasteiger partial charge in [0.25, 0.3) is 5.69 Å². The maximum atomic E-state index is 12.7. The number of para-hydroxylation sites is 2. The molecule has 0 radical (unpaired) electrons. The minimum atomic E-state index is -4.48. The molecule has 1 N–H and O–H groups in total. The number of carbonyl (C=O) groups is 2. The van der Waals surface area contributed by atoms with Crippen LogP contribution in [0.4, 0.5) is 24.5 Å². The molecule has 0 bridgehead atoms. The first-order valence-corrected chi connectivity index (χ1v) is 9.17. The fourth-order valence-electron chi connectivity index (χ4n) is 2.75. The van der Waals surface area contributed by atoms with Crippen molar-refractivity contribution in [1.82, 2.24) is 4.90 Å². The zero-order valence-electron chi connectivity index (χ0n) is 16.5. The van der Waals surface area contributed by atoms with E-state index in [-0.39, 0.29) is 37.6 Å². The van der Waals surface area contributed by atoms with Crippen molar-refractivity contribution < 1.29 is 32.4 Å². The van der Waals surface area contributed by atoms with Crippen molar-refractivity contribution in [2.75, 3.05) is 25.0 Å². The van der Waals surface area contributed by atoms with Crippen LogP contribution in [0.5, 0.6) is 0 Å². The molecular formula is C20H20F3N3O5. The van der Waals surface area contributed by atoms with Crippen molar-refractivity contribution in [3.05, 3.63) is 69.8 Å². The zero-order chi connectivity index (χ0) is 23.0. The highest BCUT2D eigenvalue weighted by atomic mass is 19.4. The number of alkyl halides is 3. The fraction of sp³-hybridized carbons (Fsp3) is 0.300. The highest BCUT2D eigenvalue weighted by Gasteiger charge is 2.30. The van der Waals surface area contributed by atoms with Gasteiger partial charge in [-0.2, -0.15) is 13.2 Å². The number of benzene rings is 2. The Balaban J connectivity index is 2.13. The van der Waals surface area contributed by atoms with Gasteiger partial charge in [-0.05, 0) is 30.7 Å². The van der Waals surface area contributed by atoms with Gasteiger partial charge in [0.2, 0.25) is 5.91 Å². The topological polar surface area (TPSA) is 102 Å². The number of nitro benzene ring substituents is 1. The molecule has 0 heterocycles. The number of amides is 1. The first kappa shape index (κ1) is 23.8. The molecule has 2 aromatic carbocycles. The van der Waals surface area contributed by atoms with Crippen molar-refractivity contribution in [2.24, 2.45) is 0 Å². The molecule has 0 aliphatic rings. The number of ether oxygens (including phenoxy) is 1. The maximum absolute atomic E-state index is 12.7. The van der Waals surface area contributed by atoms with E-state index in [0.717, 1.165) is 12.1 Å². The molecule has 0 aromatic heterocycles. The predicted octanol–water partition coefficient (Wildman–Crippen LogP) is 3.62. The molecule has 31 heavy (non-hydrogen) atoms. The summed E-state index contributed by atoms with van der Waals surface area (Å²) in [5.41, 5.74) is -0.684. The Morgan fingerprint density at radius 1 is 1.10 bits per heavy atom. The molecule has 1 amide bonds. The van der Waals surface area contributed by atoms with Crippen molar-refractivity contribution in [3.8, 4) is 0 Å². The van der Waals surface area contributed by atoms with E-state index in [1.807, 2.05) is 0 Å². The van der Waals surface area contributed by atoms with Crippen molar-refractivity contribution in [2.45, 2.75) is 19.6 Å². The molecule has 2 aromatic rings. The van der Waals surface area contributed by atoms with Crippen molar-refractivity contribution in [3.63, 3.8) is 0 Å². The second-order valence-electron chi connectivity index (χ2n) is 6.47. The number of rotatable bonds is 9. The minimum Gasteiger partial charge on any atom is -0.465 e. The number of hydrogen-bond donors (Lipinski definition) is 1. The highest BCUT2D eigenvalue weighted by Crippen LogP contribution is 2.29. The van der Waals surface area contributed by atoms with Gasteiger partial charge in [-0.25, -0.2) is 0 Å². The summed E-state index contributed by atoms with van der Waals surface area (Å²) in [7, 11) is 0. The van der Waals surface area contributed by atoms with Crippen molar-refractivity contribution in [1.29, 1.82) is 0 Å². The Bertz CT molecular complexity index is 932. The molecule has 0 atom stereocenters. The molecule has 0 aliphatic heterocycles. The van der Waals surface area contributed by atoms with Gasteiger partial charge in [0.05, 0.1) is 30.2 Å². The van der Waals surface area contributed by atoms with E-state index in [1.165, 1.54) is 41.3 Å². The quantitative estimate of drug-likeness (QED) is 0.364. The van der Waals surface area contributed by atoms with Crippen LogP contribution in [-0.4, -0.2) is 41.4 Å². The van der Waals surface area contributed by atoms with Gasteiger partial charge in [0.1, 0.15) is 5.69 Å². The summed E-state index contributed by atoms with van der Waals surface area (Å²) < 4.78 is 43.1. The lowest BCUT2D eigenvalue weighted by Crippen LogP contribution is -2.37. The van der Waals surface area contributed by atoms with Crippen LogP contribution in [-0.2, 0) is 27.0 Å². The third-order valence-corrected chi connectivity index (χ3v) is 4.09. The monoisotopic (exact) mass is 439 g/mol. The summed E-state index contributed by atoms with van der Waals surface area (Å²) in [4.78, 5) is 36.1. The van der Waals surface area contributed by atoms with Gasteiger partial charge in [-0.3, -0.25) is 24.6 Å². The minimum absolute atomic E-state index is 0.0110. The number of hydrogen-bond acceptors (Lipinski definition) is 6. The smallest absolute Gasteiger partial charge is 0.416 e. The lowest BCUT2D eigenvalue weighted by Gasteiger charge is -2.21. The number of nitro groups is 1. The largest absolute Gasteiger partial charge is 0.465 e. The standard InChI is InChI=1S/C20H20F3N3O5/c1-2-31-19(28)13-25(11-14-7-9-15(10-8-14)20(21,22)23)12-18(27)24-16-5-3-4-6-17(16)26(29)30/h3-10H,2,11-13H2,1H3,(H,24,27). The van der Waals surface area contributed by atoms with E-state index in [0.29, 0.717) is 5.56 Å². The van der Waals surface area contributed by atoms with E-state index in [1.54, 1.807) is 6.92 Å². The Hall–Kier alpha value is -3.47. The van der Waals surface area contributed by atoms with E-state index < -0.39 is 28.5 Å². The molecule has 0 spiro atoms. The average Bonchev–Trinajstić information content (AvgIpc) is 2.68. The van der Waals surface area contributed by atoms with Crippen LogP contribution in [0.15, 0.2) is 48.5 Å². The van der Waals surface area contributed by atoms with Crippen LogP contribution < -0.4 is 5.32 Å². The zero-order valence-corrected chi connectivity index (χ0v) is 16.5. The van der Waals surface area contributed by atoms with Gasteiger partial charge in [-0.1, -0.05) is 24.3 Å². The van der Waals surface area contributed by atoms with Crippen LogP contribution in [0.25, 0.3) is 0 Å². The third kappa shape index (κ3) is 7.37. The van der Waals surface area contributed by atoms with Crippen LogP contribution in [0.1, 0.15) is 18.1 Å². The molecule has 2 rings (SSSR count). The molecule has 0 unspecified atom stereocenters. The number of nitrogens with one attached hydrogen (secondary N) is 1. The summed E-state index contributed by atoms with van der Waals surface area (Å²) in [5.74, 6) is -1.25. The number of halogens is 3. The van der Waals surface area contributed by atoms with Gasteiger partial charge in [0.15, 0.2) is 0 Å². The van der Waals surface area contributed by atoms with Crippen molar-refractivity contribution >= 4 is 23.3 Å². The molecule has 0 fully saturated rings. The lowest BCUT2D eigenvalue weighted by atomic mass is 10.1. The van der Waals surface area contributed by atoms with Crippen LogP contribution in [0.2, 0.25) is 0 Å². The van der Waals surface area contributed by atoms with E-state index in [4.69, 9.17) is 4.74 Å².